The van der Waals surface area contributed by atoms with Gasteiger partial charge in [-0.1, -0.05) is 32.4 Å². The molecule has 0 saturated heterocycles. The average molecular weight is 505 g/mol. The molecule has 0 aromatic heterocycles. The van der Waals surface area contributed by atoms with Crippen molar-refractivity contribution in [3.05, 3.63) is 23.8 Å². The van der Waals surface area contributed by atoms with Crippen LogP contribution in [-0.4, -0.2) is 52.6 Å². The Labute approximate surface area is 211 Å². The van der Waals surface area contributed by atoms with Crippen molar-refractivity contribution in [2.75, 3.05) is 6.61 Å². The molecule has 3 fully saturated rings. The number of aliphatic hydroxyl groups excluding tert-OH is 1. The van der Waals surface area contributed by atoms with Crippen LogP contribution in [0.25, 0.3) is 0 Å². The van der Waals surface area contributed by atoms with Gasteiger partial charge in [0.2, 0.25) is 5.78 Å². The van der Waals surface area contributed by atoms with E-state index in [1.54, 1.807) is 13.0 Å². The van der Waals surface area contributed by atoms with Crippen molar-refractivity contribution < 1.29 is 38.1 Å². The van der Waals surface area contributed by atoms with Crippen LogP contribution in [0.5, 0.6) is 0 Å². The summed E-state index contributed by atoms with van der Waals surface area (Å²) in [6.45, 7) is 7.83. The van der Waals surface area contributed by atoms with Gasteiger partial charge in [0, 0.05) is 36.0 Å². The van der Waals surface area contributed by atoms with E-state index in [0.29, 0.717) is 31.3 Å². The number of ketones is 2. The number of fused-ring (bicyclic) bond motifs is 5. The minimum Gasteiger partial charge on any atom is -0.458 e. The number of Topliss-reactive ketones (excluding diaryl/α,β-unsaturated/α-hetero) is 1. The van der Waals surface area contributed by atoms with Gasteiger partial charge >= 0.3 is 11.9 Å². The van der Waals surface area contributed by atoms with E-state index < -0.39 is 64.4 Å². The molecule has 0 unspecified atom stereocenters. The number of halogens is 1. The summed E-state index contributed by atoms with van der Waals surface area (Å²) in [5.41, 5.74) is -5.26. The van der Waals surface area contributed by atoms with Crippen LogP contribution in [0.4, 0.5) is 4.39 Å². The summed E-state index contributed by atoms with van der Waals surface area (Å²) in [7, 11) is 0. The van der Waals surface area contributed by atoms with Crippen molar-refractivity contribution >= 4 is 23.5 Å². The van der Waals surface area contributed by atoms with Crippen LogP contribution in [0.15, 0.2) is 23.8 Å². The molecule has 0 spiro atoms. The number of hydrogen-bond acceptors (Lipinski definition) is 7. The first-order valence-electron chi connectivity index (χ1n) is 13.0. The molecule has 3 saturated carbocycles. The second-order valence-corrected chi connectivity index (χ2v) is 11.6. The van der Waals surface area contributed by atoms with Crippen LogP contribution in [0.3, 0.4) is 0 Å². The summed E-state index contributed by atoms with van der Waals surface area (Å²) in [4.78, 5) is 50.1. The first-order chi connectivity index (χ1) is 16.8. The molecule has 4 aliphatic carbocycles. The second-order valence-electron chi connectivity index (χ2n) is 11.6. The zero-order valence-electron chi connectivity index (χ0n) is 21.8. The number of alkyl halides is 1. The van der Waals surface area contributed by atoms with Crippen molar-refractivity contribution in [1.29, 1.82) is 0 Å². The minimum atomic E-state index is -2.05. The number of carbonyl (C=O) groups is 4. The van der Waals surface area contributed by atoms with Gasteiger partial charge in [0.05, 0.1) is 6.10 Å². The predicted octanol–water partition coefficient (Wildman–Crippen LogP) is 3.82. The number of esters is 2. The first kappa shape index (κ1) is 26.7. The largest absolute Gasteiger partial charge is 0.458 e. The van der Waals surface area contributed by atoms with Crippen LogP contribution in [0.2, 0.25) is 0 Å². The maximum absolute atomic E-state index is 17.4. The molecule has 36 heavy (non-hydrogen) atoms. The van der Waals surface area contributed by atoms with Gasteiger partial charge in [-0.2, -0.15) is 0 Å². The lowest BCUT2D eigenvalue weighted by molar-refractivity contribution is -0.228. The predicted molar refractivity (Wildman–Crippen MR) is 128 cm³/mol. The maximum atomic E-state index is 17.4. The molecule has 8 heteroatoms. The van der Waals surface area contributed by atoms with Gasteiger partial charge in [0.1, 0.15) is 0 Å². The fourth-order valence-corrected chi connectivity index (χ4v) is 8.11. The molecule has 4 rings (SSSR count). The Morgan fingerprint density at radius 3 is 2.56 bits per heavy atom. The second kappa shape index (κ2) is 8.89. The van der Waals surface area contributed by atoms with Gasteiger partial charge in [-0.15, -0.1) is 0 Å². The average Bonchev–Trinajstić information content (AvgIpc) is 3.01. The fraction of sp³-hybridized carbons (Fsp3) is 0.714. The lowest BCUT2D eigenvalue weighted by atomic mass is 9.44. The highest BCUT2D eigenvalue weighted by atomic mass is 19.1. The monoisotopic (exact) mass is 504 g/mol. The standard InChI is InChI=1S/C28H37FO7/c1-6-7-24(34)36-28(23(33)15-35-17(3)30)16(2)12-21-20-9-8-18-13-19(31)10-11-25(18,4)27(20,29)22(32)14-26(21,28)5/h10-11,13,16,20-22,32H,6-9,12,14-15H2,1-5H3/t16-,20-,21-,22-,25-,26-,27-,28-/m0/s1. The van der Waals surface area contributed by atoms with E-state index in [9.17, 15) is 24.3 Å². The molecule has 8 atom stereocenters. The van der Waals surface area contributed by atoms with E-state index in [-0.39, 0.29) is 24.5 Å². The Kier molecular flexibility index (Phi) is 6.60. The van der Waals surface area contributed by atoms with Gasteiger partial charge in [0.15, 0.2) is 23.7 Å². The molecule has 7 nitrogen and oxygen atoms in total. The number of rotatable bonds is 6. The quantitative estimate of drug-likeness (QED) is 0.548. The molecule has 1 N–H and O–H groups in total. The van der Waals surface area contributed by atoms with Gasteiger partial charge in [-0.25, -0.2) is 4.39 Å². The third kappa shape index (κ3) is 3.46. The van der Waals surface area contributed by atoms with E-state index in [0.717, 1.165) is 0 Å². The topological polar surface area (TPSA) is 107 Å². The summed E-state index contributed by atoms with van der Waals surface area (Å²) >= 11 is 0. The normalized spacial score (nSPS) is 43.1. The summed E-state index contributed by atoms with van der Waals surface area (Å²) in [6.07, 6.45) is 4.82. The number of carbonyl (C=O) groups excluding carboxylic acids is 4. The molecular weight excluding hydrogens is 467 g/mol. The molecular formula is C28H37FO7. The Morgan fingerprint density at radius 2 is 1.92 bits per heavy atom. The third-order valence-corrected chi connectivity index (χ3v) is 9.73. The zero-order chi connectivity index (χ0) is 26.7. The van der Waals surface area contributed by atoms with Gasteiger partial charge in [0.25, 0.3) is 0 Å². The maximum Gasteiger partial charge on any atom is 0.306 e. The number of allylic oxidation sites excluding steroid dienone is 4. The number of ether oxygens (including phenoxy) is 2. The van der Waals surface area contributed by atoms with Crippen LogP contribution in [0.1, 0.15) is 73.1 Å². The van der Waals surface area contributed by atoms with Gasteiger partial charge < -0.3 is 14.6 Å². The van der Waals surface area contributed by atoms with Crippen LogP contribution < -0.4 is 0 Å². The number of hydrogen-bond donors (Lipinski definition) is 1. The highest BCUT2D eigenvalue weighted by Crippen LogP contribution is 2.71. The lowest BCUT2D eigenvalue weighted by Crippen LogP contribution is -2.70. The Hall–Kier alpha value is -2.35. The van der Waals surface area contributed by atoms with Crippen LogP contribution >= 0.6 is 0 Å². The highest BCUT2D eigenvalue weighted by molar-refractivity contribution is 6.01. The Balaban J connectivity index is 1.81. The smallest absolute Gasteiger partial charge is 0.306 e. The molecule has 0 amide bonds. The molecule has 4 aliphatic rings. The van der Waals surface area contributed by atoms with E-state index in [4.69, 9.17) is 9.47 Å². The highest BCUT2D eigenvalue weighted by Gasteiger charge is 2.77. The van der Waals surface area contributed by atoms with Gasteiger partial charge in [-0.3, -0.25) is 19.2 Å². The van der Waals surface area contributed by atoms with E-state index in [2.05, 4.69) is 0 Å². The Bertz CT molecular complexity index is 1050. The number of aliphatic hydroxyl groups is 1. The van der Waals surface area contributed by atoms with Crippen molar-refractivity contribution in [3.63, 3.8) is 0 Å². The summed E-state index contributed by atoms with van der Waals surface area (Å²) < 4.78 is 28.5. The SMILES string of the molecule is CCCC(=O)O[C@]1(C(=O)COC(C)=O)[C@@H](C)C[C@H]2[C@@H]3CCC4=CC(=O)C=C[C@]4(C)[C@@]3(F)[C@@H](O)C[C@@]21C. The fourth-order valence-electron chi connectivity index (χ4n) is 8.11. The van der Waals surface area contributed by atoms with E-state index >= 15 is 4.39 Å². The zero-order valence-corrected chi connectivity index (χ0v) is 21.8. The van der Waals surface area contributed by atoms with Crippen molar-refractivity contribution in [2.45, 2.75) is 90.5 Å². The molecule has 0 heterocycles. The molecule has 0 aromatic carbocycles. The third-order valence-electron chi connectivity index (χ3n) is 9.73. The Morgan fingerprint density at radius 1 is 1.22 bits per heavy atom. The molecule has 0 radical (unpaired) electrons. The summed E-state index contributed by atoms with van der Waals surface area (Å²) in [5, 5.41) is 11.5. The van der Waals surface area contributed by atoms with Crippen molar-refractivity contribution in [1.82, 2.24) is 0 Å². The summed E-state index contributed by atoms with van der Waals surface area (Å²) in [6, 6.07) is 0. The summed E-state index contributed by atoms with van der Waals surface area (Å²) in [5.74, 6) is -3.36. The van der Waals surface area contributed by atoms with Crippen molar-refractivity contribution in [3.8, 4) is 0 Å². The van der Waals surface area contributed by atoms with Crippen LogP contribution in [0, 0.1) is 28.6 Å². The minimum absolute atomic E-state index is 0.106. The first-order valence-corrected chi connectivity index (χ1v) is 13.0. The molecule has 0 aromatic rings. The molecule has 198 valence electrons. The van der Waals surface area contributed by atoms with Gasteiger partial charge in [-0.05, 0) is 57.1 Å². The van der Waals surface area contributed by atoms with Crippen molar-refractivity contribution in [2.24, 2.45) is 28.6 Å². The lowest BCUT2D eigenvalue weighted by Gasteiger charge is -2.62. The van der Waals surface area contributed by atoms with E-state index in [1.165, 1.54) is 19.1 Å². The van der Waals surface area contributed by atoms with Crippen LogP contribution in [-0.2, 0) is 28.7 Å². The molecule has 0 bridgehead atoms. The molecule has 0 aliphatic heterocycles. The van der Waals surface area contributed by atoms with E-state index in [1.807, 2.05) is 20.8 Å².